The van der Waals surface area contributed by atoms with Crippen LogP contribution in [0.3, 0.4) is 0 Å². The molecule has 20 heavy (non-hydrogen) atoms. The summed E-state index contributed by atoms with van der Waals surface area (Å²) < 4.78 is 13.0. The van der Waals surface area contributed by atoms with E-state index < -0.39 is 5.91 Å². The number of halogens is 1. The van der Waals surface area contributed by atoms with Crippen molar-refractivity contribution in [1.29, 1.82) is 5.26 Å². The zero-order valence-corrected chi connectivity index (χ0v) is 11.6. The Hall–Kier alpha value is -2.35. The van der Waals surface area contributed by atoms with Gasteiger partial charge in [-0.2, -0.15) is 5.26 Å². The fourth-order valence-electron chi connectivity index (χ4n) is 1.46. The van der Waals surface area contributed by atoms with Crippen molar-refractivity contribution in [3.05, 3.63) is 47.4 Å². The highest BCUT2D eigenvalue weighted by Crippen LogP contribution is 2.03. The molecule has 0 saturated heterocycles. The normalized spacial score (nSPS) is 11.1. The third-order valence-corrected chi connectivity index (χ3v) is 2.48. The third-order valence-electron chi connectivity index (χ3n) is 2.48. The third kappa shape index (κ3) is 5.53. The van der Waals surface area contributed by atoms with Gasteiger partial charge in [0.2, 0.25) is 0 Å². The summed E-state index contributed by atoms with van der Waals surface area (Å²) in [6.07, 6.45) is 1.35. The molecule has 0 aliphatic rings. The van der Waals surface area contributed by atoms with E-state index >= 15 is 0 Å². The molecule has 1 rings (SSSR count). The Balaban J connectivity index is 2.54. The zero-order chi connectivity index (χ0) is 15.0. The number of nitriles is 1. The van der Waals surface area contributed by atoms with Crippen molar-refractivity contribution in [2.45, 2.75) is 20.4 Å². The summed E-state index contributed by atoms with van der Waals surface area (Å²) in [4.78, 5) is 11.7. The van der Waals surface area contributed by atoms with Crippen LogP contribution in [0.5, 0.6) is 0 Å². The van der Waals surface area contributed by atoms with Gasteiger partial charge in [0.15, 0.2) is 0 Å². The highest BCUT2D eigenvalue weighted by atomic mass is 19.1. The first-order valence-corrected chi connectivity index (χ1v) is 6.39. The van der Waals surface area contributed by atoms with Gasteiger partial charge in [-0.05, 0) is 23.6 Å². The monoisotopic (exact) mass is 275 g/mol. The molecule has 0 aliphatic heterocycles. The van der Waals surface area contributed by atoms with Gasteiger partial charge in [0.25, 0.3) is 5.91 Å². The maximum Gasteiger partial charge on any atom is 0.263 e. The molecular weight excluding hydrogens is 257 g/mol. The molecule has 0 bridgehead atoms. The number of hydrogen-bond donors (Lipinski definition) is 2. The van der Waals surface area contributed by atoms with Crippen LogP contribution < -0.4 is 10.6 Å². The lowest BCUT2D eigenvalue weighted by molar-refractivity contribution is -0.117. The van der Waals surface area contributed by atoms with E-state index in [1.165, 1.54) is 18.3 Å². The molecule has 5 heteroatoms. The molecule has 0 atom stereocenters. The minimum Gasteiger partial charge on any atom is -0.386 e. The van der Waals surface area contributed by atoms with Gasteiger partial charge < -0.3 is 10.6 Å². The van der Waals surface area contributed by atoms with Crippen LogP contribution in [-0.4, -0.2) is 12.5 Å². The van der Waals surface area contributed by atoms with E-state index in [0.29, 0.717) is 19.0 Å². The van der Waals surface area contributed by atoms with E-state index in [-0.39, 0.29) is 11.4 Å². The molecule has 0 aliphatic carbocycles. The maximum absolute atomic E-state index is 13.0. The number of carbonyl (C=O) groups excluding carboxylic acids is 1. The second-order valence-electron chi connectivity index (χ2n) is 4.78. The quantitative estimate of drug-likeness (QED) is 0.617. The first-order valence-electron chi connectivity index (χ1n) is 6.39. The average molecular weight is 275 g/mol. The van der Waals surface area contributed by atoms with Crippen molar-refractivity contribution >= 4 is 5.91 Å². The molecule has 2 N–H and O–H groups in total. The largest absolute Gasteiger partial charge is 0.386 e. The van der Waals surface area contributed by atoms with Crippen LogP contribution >= 0.6 is 0 Å². The Morgan fingerprint density at radius 1 is 1.50 bits per heavy atom. The molecule has 0 saturated carbocycles. The highest BCUT2D eigenvalue weighted by molar-refractivity contribution is 5.97. The van der Waals surface area contributed by atoms with Crippen LogP contribution in [0, 0.1) is 23.1 Å². The SMILES string of the molecule is CC(C)CNC(=O)/C(C#N)=C\NCc1cccc(F)c1. The summed E-state index contributed by atoms with van der Waals surface area (Å²) in [7, 11) is 0. The fourth-order valence-corrected chi connectivity index (χ4v) is 1.46. The summed E-state index contributed by atoms with van der Waals surface area (Å²) in [6, 6.07) is 7.96. The number of carbonyl (C=O) groups is 1. The molecule has 0 fully saturated rings. The summed E-state index contributed by atoms with van der Waals surface area (Å²) in [5.74, 6) is -0.407. The minimum atomic E-state index is -0.409. The van der Waals surface area contributed by atoms with Crippen LogP contribution in [0.2, 0.25) is 0 Å². The highest BCUT2D eigenvalue weighted by Gasteiger charge is 2.08. The second kappa shape index (κ2) is 7.95. The van der Waals surface area contributed by atoms with Gasteiger partial charge in [-0.15, -0.1) is 0 Å². The Labute approximate surface area is 118 Å². The standard InChI is InChI=1S/C15H18FN3O/c1-11(2)8-19-15(20)13(7-17)10-18-9-12-4-3-5-14(16)6-12/h3-6,10-11,18H,8-9H2,1-2H3,(H,19,20)/b13-10-. The van der Waals surface area contributed by atoms with E-state index in [9.17, 15) is 9.18 Å². The summed E-state index contributed by atoms with van der Waals surface area (Å²) in [5.41, 5.74) is 0.739. The number of hydrogen-bond acceptors (Lipinski definition) is 3. The fraction of sp³-hybridized carbons (Fsp3) is 0.333. The van der Waals surface area contributed by atoms with Gasteiger partial charge in [0.05, 0.1) is 0 Å². The number of nitrogens with zero attached hydrogens (tertiary/aromatic N) is 1. The Morgan fingerprint density at radius 3 is 2.85 bits per heavy atom. The second-order valence-corrected chi connectivity index (χ2v) is 4.78. The van der Waals surface area contributed by atoms with Gasteiger partial charge in [0.1, 0.15) is 17.5 Å². The Bertz CT molecular complexity index is 532. The molecule has 4 nitrogen and oxygen atoms in total. The number of amides is 1. The van der Waals surface area contributed by atoms with Gasteiger partial charge in [-0.25, -0.2) is 4.39 Å². The molecule has 106 valence electrons. The van der Waals surface area contributed by atoms with Crippen molar-refractivity contribution in [3.8, 4) is 6.07 Å². The van der Waals surface area contributed by atoms with Gasteiger partial charge in [0, 0.05) is 19.3 Å². The lowest BCUT2D eigenvalue weighted by Gasteiger charge is -2.07. The smallest absolute Gasteiger partial charge is 0.263 e. The first kappa shape index (κ1) is 15.7. The van der Waals surface area contributed by atoms with E-state index in [0.717, 1.165) is 5.56 Å². The zero-order valence-electron chi connectivity index (χ0n) is 11.6. The molecule has 0 spiro atoms. The summed E-state index contributed by atoms with van der Waals surface area (Å²) in [5, 5.41) is 14.4. The molecular formula is C15H18FN3O. The van der Waals surface area contributed by atoms with Crippen LogP contribution in [0.25, 0.3) is 0 Å². The van der Waals surface area contributed by atoms with Gasteiger partial charge >= 0.3 is 0 Å². The molecule has 1 amide bonds. The molecule has 1 aromatic rings. The Morgan fingerprint density at radius 2 is 2.25 bits per heavy atom. The lowest BCUT2D eigenvalue weighted by Crippen LogP contribution is -2.29. The van der Waals surface area contributed by atoms with E-state index in [1.807, 2.05) is 19.9 Å². The van der Waals surface area contributed by atoms with Crippen LogP contribution in [0.4, 0.5) is 4.39 Å². The molecule has 0 radical (unpaired) electrons. The average Bonchev–Trinajstić information content (AvgIpc) is 2.41. The maximum atomic E-state index is 13.0. The number of benzene rings is 1. The minimum absolute atomic E-state index is 0.00190. The van der Waals surface area contributed by atoms with E-state index in [1.54, 1.807) is 12.1 Å². The number of nitrogens with one attached hydrogen (secondary N) is 2. The van der Waals surface area contributed by atoms with Gasteiger partial charge in [-0.1, -0.05) is 26.0 Å². The molecule has 0 heterocycles. The van der Waals surface area contributed by atoms with Crippen molar-refractivity contribution in [3.63, 3.8) is 0 Å². The van der Waals surface area contributed by atoms with Crippen molar-refractivity contribution in [2.75, 3.05) is 6.54 Å². The van der Waals surface area contributed by atoms with Crippen LogP contribution in [0.1, 0.15) is 19.4 Å². The summed E-state index contributed by atoms with van der Waals surface area (Å²) in [6.45, 7) is 4.80. The Kier molecular flexibility index (Phi) is 6.24. The van der Waals surface area contributed by atoms with E-state index in [4.69, 9.17) is 5.26 Å². The van der Waals surface area contributed by atoms with Gasteiger partial charge in [-0.3, -0.25) is 4.79 Å². The topological polar surface area (TPSA) is 64.9 Å². The van der Waals surface area contributed by atoms with Crippen molar-refractivity contribution in [1.82, 2.24) is 10.6 Å². The molecule has 0 aromatic heterocycles. The first-order chi connectivity index (χ1) is 9.52. The molecule has 0 unspecified atom stereocenters. The number of rotatable bonds is 6. The lowest BCUT2D eigenvalue weighted by atomic mass is 10.2. The van der Waals surface area contributed by atoms with E-state index in [2.05, 4.69) is 10.6 Å². The predicted octanol–water partition coefficient (Wildman–Crippen LogP) is 2.09. The van der Waals surface area contributed by atoms with Crippen LogP contribution in [0.15, 0.2) is 36.0 Å². The molecule has 1 aromatic carbocycles. The summed E-state index contributed by atoms with van der Waals surface area (Å²) >= 11 is 0. The van der Waals surface area contributed by atoms with Crippen LogP contribution in [-0.2, 0) is 11.3 Å². The van der Waals surface area contributed by atoms with Crippen molar-refractivity contribution in [2.24, 2.45) is 5.92 Å². The van der Waals surface area contributed by atoms with Crippen molar-refractivity contribution < 1.29 is 9.18 Å². The predicted molar refractivity (Wildman–Crippen MR) is 74.8 cm³/mol.